The lowest BCUT2D eigenvalue weighted by atomic mass is 10.2. The summed E-state index contributed by atoms with van der Waals surface area (Å²) in [6.07, 6.45) is -2.80. The number of aliphatic hydroxyl groups excluding tert-OH is 1. The van der Waals surface area contributed by atoms with Crippen LogP contribution in [-0.2, 0) is 10.9 Å². The standard InChI is InChI=1S/C14H17BrF3NO2/c15-11-3-10(14(16,17)18)4-12(5-11)19-6-13(20)8-21-7-9-1-2-9/h3-5,9,13,19-20H,1-2,6-8H2. The zero-order chi connectivity index (χ0) is 15.5. The van der Waals surface area contributed by atoms with E-state index in [-0.39, 0.29) is 13.2 Å². The number of nitrogens with one attached hydrogen (secondary N) is 1. The van der Waals surface area contributed by atoms with Gasteiger partial charge < -0.3 is 15.2 Å². The Balaban J connectivity index is 1.82. The molecule has 1 fully saturated rings. The van der Waals surface area contributed by atoms with Gasteiger partial charge >= 0.3 is 6.18 Å². The summed E-state index contributed by atoms with van der Waals surface area (Å²) in [4.78, 5) is 0. The van der Waals surface area contributed by atoms with E-state index in [1.165, 1.54) is 18.9 Å². The number of rotatable bonds is 7. The number of hydrogen-bond donors (Lipinski definition) is 2. The summed E-state index contributed by atoms with van der Waals surface area (Å²) in [5.41, 5.74) is -0.434. The second-order valence-electron chi connectivity index (χ2n) is 5.24. The van der Waals surface area contributed by atoms with E-state index in [4.69, 9.17) is 4.74 Å². The SMILES string of the molecule is OC(CNc1cc(Br)cc(C(F)(F)F)c1)COCC1CC1. The van der Waals surface area contributed by atoms with Crippen LogP contribution < -0.4 is 5.32 Å². The summed E-state index contributed by atoms with van der Waals surface area (Å²) < 4.78 is 43.7. The molecule has 1 aliphatic carbocycles. The molecule has 0 bridgehead atoms. The van der Waals surface area contributed by atoms with Gasteiger partial charge in [-0.15, -0.1) is 0 Å². The van der Waals surface area contributed by atoms with E-state index >= 15 is 0 Å². The Morgan fingerprint density at radius 3 is 2.67 bits per heavy atom. The smallest absolute Gasteiger partial charge is 0.389 e. The number of anilines is 1. The van der Waals surface area contributed by atoms with Gasteiger partial charge in [0.15, 0.2) is 0 Å². The number of aliphatic hydroxyl groups is 1. The first-order chi connectivity index (χ1) is 9.84. The maximum atomic E-state index is 12.7. The summed E-state index contributed by atoms with van der Waals surface area (Å²) >= 11 is 3.05. The second-order valence-corrected chi connectivity index (χ2v) is 6.16. The van der Waals surface area contributed by atoms with Crippen molar-refractivity contribution in [1.29, 1.82) is 0 Å². The van der Waals surface area contributed by atoms with E-state index in [0.29, 0.717) is 22.7 Å². The van der Waals surface area contributed by atoms with Crippen LogP contribution in [-0.4, -0.2) is 31.0 Å². The maximum Gasteiger partial charge on any atom is 0.416 e. The summed E-state index contributed by atoms with van der Waals surface area (Å²) in [6, 6.07) is 3.57. The van der Waals surface area contributed by atoms with Crippen LogP contribution in [0.25, 0.3) is 0 Å². The maximum absolute atomic E-state index is 12.7. The highest BCUT2D eigenvalue weighted by Crippen LogP contribution is 2.33. The number of hydrogen-bond acceptors (Lipinski definition) is 3. The minimum Gasteiger partial charge on any atom is -0.389 e. The van der Waals surface area contributed by atoms with Gasteiger partial charge in [0.05, 0.1) is 18.3 Å². The van der Waals surface area contributed by atoms with Gasteiger partial charge in [0, 0.05) is 23.3 Å². The molecule has 0 amide bonds. The Bertz CT molecular complexity index is 478. The van der Waals surface area contributed by atoms with E-state index in [1.54, 1.807) is 0 Å². The highest BCUT2D eigenvalue weighted by atomic mass is 79.9. The van der Waals surface area contributed by atoms with Crippen molar-refractivity contribution in [3.8, 4) is 0 Å². The fraction of sp³-hybridized carbons (Fsp3) is 0.571. The lowest BCUT2D eigenvalue weighted by Crippen LogP contribution is -2.25. The van der Waals surface area contributed by atoms with Gasteiger partial charge in [-0.3, -0.25) is 0 Å². The number of alkyl halides is 3. The molecule has 3 nitrogen and oxygen atoms in total. The molecular formula is C14H17BrF3NO2. The van der Waals surface area contributed by atoms with E-state index < -0.39 is 17.8 Å². The molecule has 2 N–H and O–H groups in total. The van der Waals surface area contributed by atoms with Gasteiger partial charge in [-0.05, 0) is 37.0 Å². The van der Waals surface area contributed by atoms with Gasteiger partial charge in [-0.1, -0.05) is 15.9 Å². The van der Waals surface area contributed by atoms with Gasteiger partial charge in [-0.25, -0.2) is 0 Å². The molecule has 0 aromatic heterocycles. The van der Waals surface area contributed by atoms with Crippen LogP contribution in [0.5, 0.6) is 0 Å². The third kappa shape index (κ3) is 5.84. The number of benzene rings is 1. The molecule has 0 heterocycles. The molecule has 2 rings (SSSR count). The van der Waals surface area contributed by atoms with Crippen LogP contribution in [0.1, 0.15) is 18.4 Å². The fourth-order valence-corrected chi connectivity index (χ4v) is 2.30. The van der Waals surface area contributed by atoms with Crippen molar-refractivity contribution >= 4 is 21.6 Å². The van der Waals surface area contributed by atoms with Crippen LogP contribution in [0, 0.1) is 5.92 Å². The Morgan fingerprint density at radius 2 is 2.05 bits per heavy atom. The molecule has 1 atom stereocenters. The van der Waals surface area contributed by atoms with Crippen LogP contribution in [0.3, 0.4) is 0 Å². The summed E-state index contributed by atoms with van der Waals surface area (Å²) in [7, 11) is 0. The average molecular weight is 368 g/mol. The molecule has 1 unspecified atom stereocenters. The van der Waals surface area contributed by atoms with Crippen molar-refractivity contribution in [1.82, 2.24) is 0 Å². The molecule has 7 heteroatoms. The molecule has 1 aromatic rings. The van der Waals surface area contributed by atoms with Crippen molar-refractivity contribution in [2.45, 2.75) is 25.1 Å². The van der Waals surface area contributed by atoms with E-state index in [9.17, 15) is 18.3 Å². The van der Waals surface area contributed by atoms with Crippen molar-refractivity contribution < 1.29 is 23.0 Å². The summed E-state index contributed by atoms with van der Waals surface area (Å²) in [6.45, 7) is 0.966. The van der Waals surface area contributed by atoms with Crippen molar-refractivity contribution in [2.24, 2.45) is 5.92 Å². The molecule has 0 saturated heterocycles. The zero-order valence-corrected chi connectivity index (χ0v) is 12.9. The molecule has 1 saturated carbocycles. The molecule has 118 valence electrons. The predicted octanol–water partition coefficient (Wildman–Crippen LogP) is 3.67. The normalized spacial score (nSPS) is 16.8. The van der Waals surface area contributed by atoms with Crippen molar-refractivity contribution in [3.05, 3.63) is 28.2 Å². The molecule has 21 heavy (non-hydrogen) atoms. The quantitative estimate of drug-likeness (QED) is 0.772. The first-order valence-corrected chi connectivity index (χ1v) is 7.51. The van der Waals surface area contributed by atoms with Gasteiger partial charge in [0.1, 0.15) is 0 Å². The topological polar surface area (TPSA) is 41.5 Å². The first kappa shape index (κ1) is 16.6. The molecule has 1 aliphatic rings. The minimum absolute atomic E-state index is 0.137. The van der Waals surface area contributed by atoms with Crippen LogP contribution in [0.15, 0.2) is 22.7 Å². The van der Waals surface area contributed by atoms with Crippen LogP contribution in [0.2, 0.25) is 0 Å². The Kier molecular flexibility index (Phi) is 5.51. The number of halogens is 4. The van der Waals surface area contributed by atoms with E-state index in [1.807, 2.05) is 0 Å². The largest absolute Gasteiger partial charge is 0.416 e. The molecular weight excluding hydrogens is 351 g/mol. The molecule has 0 aliphatic heterocycles. The summed E-state index contributed by atoms with van der Waals surface area (Å²) in [5, 5.41) is 12.5. The van der Waals surface area contributed by atoms with E-state index in [0.717, 1.165) is 12.1 Å². The lowest BCUT2D eigenvalue weighted by molar-refractivity contribution is -0.137. The van der Waals surface area contributed by atoms with Gasteiger partial charge in [0.2, 0.25) is 0 Å². The predicted molar refractivity (Wildman–Crippen MR) is 77.2 cm³/mol. The van der Waals surface area contributed by atoms with Crippen molar-refractivity contribution in [2.75, 3.05) is 25.1 Å². The summed E-state index contributed by atoms with van der Waals surface area (Å²) in [5.74, 6) is 0.615. The molecule has 0 spiro atoms. The monoisotopic (exact) mass is 367 g/mol. The zero-order valence-electron chi connectivity index (χ0n) is 11.3. The fourth-order valence-electron chi connectivity index (χ4n) is 1.81. The highest BCUT2D eigenvalue weighted by Gasteiger charge is 2.31. The Morgan fingerprint density at radius 1 is 1.33 bits per heavy atom. The first-order valence-electron chi connectivity index (χ1n) is 6.72. The second kappa shape index (κ2) is 6.98. The Labute approximate surface area is 129 Å². The van der Waals surface area contributed by atoms with E-state index in [2.05, 4.69) is 21.2 Å². The lowest BCUT2D eigenvalue weighted by Gasteiger charge is -2.15. The van der Waals surface area contributed by atoms with Gasteiger partial charge in [-0.2, -0.15) is 13.2 Å². The highest BCUT2D eigenvalue weighted by molar-refractivity contribution is 9.10. The third-order valence-electron chi connectivity index (χ3n) is 3.13. The van der Waals surface area contributed by atoms with Crippen LogP contribution in [0.4, 0.5) is 18.9 Å². The minimum atomic E-state index is -4.40. The number of ether oxygens (including phenoxy) is 1. The van der Waals surface area contributed by atoms with Crippen molar-refractivity contribution in [3.63, 3.8) is 0 Å². The Hall–Kier alpha value is -0.790. The van der Waals surface area contributed by atoms with Crippen LogP contribution >= 0.6 is 15.9 Å². The molecule has 0 radical (unpaired) electrons. The average Bonchev–Trinajstić information content (AvgIpc) is 3.19. The molecule has 1 aromatic carbocycles. The van der Waals surface area contributed by atoms with Gasteiger partial charge in [0.25, 0.3) is 0 Å². The third-order valence-corrected chi connectivity index (χ3v) is 3.59.